The van der Waals surface area contributed by atoms with Crippen molar-refractivity contribution < 1.29 is 8.91 Å². The maximum absolute atomic E-state index is 13.4. The molecule has 1 saturated heterocycles. The van der Waals surface area contributed by atoms with Gasteiger partial charge in [0.2, 0.25) is 0 Å². The van der Waals surface area contributed by atoms with Gasteiger partial charge in [0, 0.05) is 25.1 Å². The molecular weight excluding hydrogens is 339 g/mol. The molecule has 0 radical (unpaired) electrons. The van der Waals surface area contributed by atoms with Gasteiger partial charge in [-0.1, -0.05) is 21.8 Å². The van der Waals surface area contributed by atoms with Gasteiger partial charge in [0.25, 0.3) is 0 Å². The average Bonchev–Trinajstić information content (AvgIpc) is 3.23. The van der Waals surface area contributed by atoms with E-state index in [0.717, 1.165) is 60.1 Å². The lowest BCUT2D eigenvalue weighted by atomic mass is 9.93. The first-order valence-electron chi connectivity index (χ1n) is 8.42. The summed E-state index contributed by atoms with van der Waals surface area (Å²) in [6.07, 6.45) is 2.16. The smallest absolute Gasteiger partial charge is 0.180 e. The summed E-state index contributed by atoms with van der Waals surface area (Å²) >= 11 is 1.35. The lowest BCUT2D eigenvalue weighted by molar-refractivity contribution is 0.198. The maximum Gasteiger partial charge on any atom is 0.180 e. The monoisotopic (exact) mass is 358 g/mol. The summed E-state index contributed by atoms with van der Waals surface area (Å²) in [5.41, 5.74) is 2.85. The lowest BCUT2D eigenvalue weighted by Crippen LogP contribution is -2.34. The molecule has 0 N–H and O–H groups in total. The zero-order valence-corrected chi connectivity index (χ0v) is 14.8. The largest absolute Gasteiger partial charge is 0.355 e. The minimum absolute atomic E-state index is 0.183. The van der Waals surface area contributed by atoms with Crippen molar-refractivity contribution in [3.05, 3.63) is 53.1 Å². The second kappa shape index (κ2) is 7.01. The molecule has 0 spiro atoms. The number of hydrogen-bond donors (Lipinski definition) is 0. The number of nitrogens with zero attached hydrogens (tertiary/aromatic N) is 4. The predicted octanol–water partition coefficient (Wildman–Crippen LogP) is 4.02. The van der Waals surface area contributed by atoms with Gasteiger partial charge in [0.05, 0.1) is 11.4 Å². The van der Waals surface area contributed by atoms with Crippen LogP contribution in [-0.4, -0.2) is 32.7 Å². The van der Waals surface area contributed by atoms with Crippen molar-refractivity contribution >= 4 is 11.5 Å². The van der Waals surface area contributed by atoms with Crippen LogP contribution in [0.2, 0.25) is 0 Å². The Labute approximate surface area is 149 Å². The van der Waals surface area contributed by atoms with Crippen molar-refractivity contribution in [3.8, 4) is 10.6 Å². The Hall–Kier alpha value is -2.12. The summed E-state index contributed by atoms with van der Waals surface area (Å²) in [5.74, 6) is 0.865. The normalized spacial score (nSPS) is 18.6. The van der Waals surface area contributed by atoms with Gasteiger partial charge >= 0.3 is 0 Å². The van der Waals surface area contributed by atoms with Gasteiger partial charge in [-0.3, -0.25) is 4.90 Å². The standard InChI is InChI=1S/C18H19FN4OS/c1-12-8-16(24-21-12)18-17(20-22-25-18)14-5-3-7-23(11-14)10-13-4-2-6-15(19)9-13/h2,4,6,8-9,14H,3,5,7,10-11H2,1H3/t14-/m0/s1. The van der Waals surface area contributed by atoms with Crippen molar-refractivity contribution in [2.75, 3.05) is 13.1 Å². The van der Waals surface area contributed by atoms with Gasteiger partial charge < -0.3 is 4.52 Å². The molecule has 4 rings (SSSR count). The quantitative estimate of drug-likeness (QED) is 0.705. The molecule has 1 fully saturated rings. The summed E-state index contributed by atoms with van der Waals surface area (Å²) in [7, 11) is 0. The number of likely N-dealkylation sites (tertiary alicyclic amines) is 1. The lowest BCUT2D eigenvalue weighted by Gasteiger charge is -2.32. The van der Waals surface area contributed by atoms with Crippen LogP contribution in [0.15, 0.2) is 34.9 Å². The summed E-state index contributed by atoms with van der Waals surface area (Å²) in [5, 5.41) is 8.34. The van der Waals surface area contributed by atoms with E-state index < -0.39 is 0 Å². The van der Waals surface area contributed by atoms with Crippen molar-refractivity contribution in [1.29, 1.82) is 0 Å². The summed E-state index contributed by atoms with van der Waals surface area (Å²) in [6.45, 7) is 4.56. The molecule has 25 heavy (non-hydrogen) atoms. The Bertz CT molecular complexity index is 862. The molecule has 0 unspecified atom stereocenters. The molecule has 7 heteroatoms. The fraction of sp³-hybridized carbons (Fsp3) is 0.389. The van der Waals surface area contributed by atoms with Gasteiger partial charge in [0.15, 0.2) is 5.76 Å². The van der Waals surface area contributed by atoms with Crippen LogP contribution in [0.25, 0.3) is 10.6 Å². The Kier molecular flexibility index (Phi) is 4.59. The van der Waals surface area contributed by atoms with Gasteiger partial charge in [0.1, 0.15) is 10.7 Å². The third kappa shape index (κ3) is 3.62. The molecule has 1 atom stereocenters. The number of rotatable bonds is 4. The number of piperidine rings is 1. The second-order valence-electron chi connectivity index (χ2n) is 6.52. The molecule has 0 bridgehead atoms. The highest BCUT2D eigenvalue weighted by Crippen LogP contribution is 2.35. The zero-order chi connectivity index (χ0) is 17.2. The van der Waals surface area contributed by atoms with Crippen molar-refractivity contribution in [2.45, 2.75) is 32.2 Å². The van der Waals surface area contributed by atoms with E-state index in [2.05, 4.69) is 19.6 Å². The molecule has 1 aliphatic heterocycles. The molecule has 5 nitrogen and oxygen atoms in total. The summed E-state index contributed by atoms with van der Waals surface area (Å²) in [6, 6.07) is 8.75. The van der Waals surface area contributed by atoms with Crippen molar-refractivity contribution in [2.24, 2.45) is 0 Å². The van der Waals surface area contributed by atoms with Crippen LogP contribution < -0.4 is 0 Å². The highest BCUT2D eigenvalue weighted by molar-refractivity contribution is 7.09. The molecule has 0 amide bonds. The topological polar surface area (TPSA) is 55.1 Å². The van der Waals surface area contributed by atoms with Crippen molar-refractivity contribution in [1.82, 2.24) is 19.6 Å². The van der Waals surface area contributed by atoms with E-state index in [9.17, 15) is 4.39 Å². The highest BCUT2D eigenvalue weighted by Gasteiger charge is 2.27. The molecule has 3 heterocycles. The summed E-state index contributed by atoms with van der Waals surface area (Å²) < 4.78 is 23.0. The van der Waals surface area contributed by atoms with E-state index in [1.165, 1.54) is 17.6 Å². The molecule has 0 aliphatic carbocycles. The molecule has 0 saturated carbocycles. The number of aromatic nitrogens is 3. The van der Waals surface area contributed by atoms with E-state index in [4.69, 9.17) is 4.52 Å². The van der Waals surface area contributed by atoms with E-state index in [-0.39, 0.29) is 5.82 Å². The fourth-order valence-corrected chi connectivity index (χ4v) is 4.12. The molecule has 1 aromatic carbocycles. The van der Waals surface area contributed by atoms with E-state index in [0.29, 0.717) is 5.92 Å². The van der Waals surface area contributed by atoms with E-state index in [1.807, 2.05) is 19.1 Å². The van der Waals surface area contributed by atoms with Crippen LogP contribution in [0, 0.1) is 12.7 Å². The molecule has 2 aromatic heterocycles. The number of hydrogen-bond acceptors (Lipinski definition) is 6. The molecular formula is C18H19FN4OS. The first-order chi connectivity index (χ1) is 12.2. The van der Waals surface area contributed by atoms with Gasteiger partial charge in [-0.15, -0.1) is 5.10 Å². The summed E-state index contributed by atoms with van der Waals surface area (Å²) in [4.78, 5) is 3.33. The average molecular weight is 358 g/mol. The minimum atomic E-state index is -0.183. The Morgan fingerprint density at radius 3 is 3.08 bits per heavy atom. The van der Waals surface area contributed by atoms with E-state index >= 15 is 0 Å². The predicted molar refractivity (Wildman–Crippen MR) is 93.8 cm³/mol. The van der Waals surface area contributed by atoms with Crippen LogP contribution in [0.4, 0.5) is 4.39 Å². The first kappa shape index (κ1) is 16.4. The third-order valence-electron chi connectivity index (χ3n) is 4.55. The third-order valence-corrected chi connectivity index (χ3v) is 5.31. The Balaban J connectivity index is 1.51. The number of benzene rings is 1. The van der Waals surface area contributed by atoms with Crippen LogP contribution in [-0.2, 0) is 6.54 Å². The molecule has 130 valence electrons. The second-order valence-corrected chi connectivity index (χ2v) is 7.28. The SMILES string of the molecule is Cc1cc(-c2snnc2[C@H]2CCCN(Cc3cccc(F)c3)C2)on1. The molecule has 1 aliphatic rings. The Morgan fingerprint density at radius 2 is 2.28 bits per heavy atom. The highest BCUT2D eigenvalue weighted by atomic mass is 32.1. The van der Waals surface area contributed by atoms with Crippen LogP contribution >= 0.6 is 11.5 Å². The van der Waals surface area contributed by atoms with Gasteiger partial charge in [-0.05, 0) is 55.5 Å². The maximum atomic E-state index is 13.4. The van der Waals surface area contributed by atoms with Gasteiger partial charge in [-0.2, -0.15) is 0 Å². The Morgan fingerprint density at radius 1 is 1.36 bits per heavy atom. The minimum Gasteiger partial charge on any atom is -0.355 e. The van der Waals surface area contributed by atoms with Crippen LogP contribution in [0.5, 0.6) is 0 Å². The first-order valence-corrected chi connectivity index (χ1v) is 9.19. The fourth-order valence-electron chi connectivity index (χ4n) is 3.42. The number of aryl methyl sites for hydroxylation is 1. The van der Waals surface area contributed by atoms with Crippen LogP contribution in [0.1, 0.15) is 35.7 Å². The molecule has 3 aromatic rings. The number of halogens is 1. The van der Waals surface area contributed by atoms with Crippen molar-refractivity contribution in [3.63, 3.8) is 0 Å². The van der Waals surface area contributed by atoms with Crippen LogP contribution in [0.3, 0.4) is 0 Å². The zero-order valence-electron chi connectivity index (χ0n) is 14.0. The van der Waals surface area contributed by atoms with E-state index in [1.54, 1.807) is 12.1 Å². The van der Waals surface area contributed by atoms with Gasteiger partial charge in [-0.25, -0.2) is 4.39 Å².